The molecule has 0 unspecified atom stereocenters. The van der Waals surface area contributed by atoms with Gasteiger partial charge in [-0.05, 0) is 36.4 Å². The molecule has 0 aliphatic heterocycles. The van der Waals surface area contributed by atoms with Crippen molar-refractivity contribution in [3.8, 4) is 17.1 Å². The quantitative estimate of drug-likeness (QED) is 0.583. The first-order chi connectivity index (χ1) is 14.3. The average Bonchev–Trinajstić information content (AvgIpc) is 3.22. The Bertz CT molecular complexity index is 1060. The van der Waals surface area contributed by atoms with Crippen molar-refractivity contribution in [2.24, 2.45) is 0 Å². The molecule has 1 aromatic heterocycles. The first-order valence-electron chi connectivity index (χ1n) is 8.65. The smallest absolute Gasteiger partial charge is 0.416 e. The molecule has 3 aromatic rings. The zero-order valence-electron chi connectivity index (χ0n) is 15.7. The third-order valence-electron chi connectivity index (χ3n) is 3.98. The second-order valence-electron chi connectivity index (χ2n) is 6.09. The largest absolute Gasteiger partial charge is 0.482 e. The standard InChI is InChI=1S/C21H16F3NO5/c1-28-19(26)12-29-16-7-3-6-15(11-16)25-20(27)18-9-8-17(30-18)13-4-2-5-14(10-13)21(22,23)24/h2-11H,12H2,1H3,(H,25,27). The fraction of sp³-hybridized carbons (Fsp3) is 0.143. The number of carbonyl (C=O) groups is 2. The van der Waals surface area contributed by atoms with Crippen molar-refractivity contribution in [2.75, 3.05) is 19.0 Å². The van der Waals surface area contributed by atoms with Gasteiger partial charge >= 0.3 is 12.1 Å². The van der Waals surface area contributed by atoms with E-state index in [1.807, 2.05) is 0 Å². The van der Waals surface area contributed by atoms with Crippen LogP contribution in [0, 0.1) is 0 Å². The molecule has 0 radical (unpaired) electrons. The van der Waals surface area contributed by atoms with Crippen LogP contribution >= 0.6 is 0 Å². The first kappa shape index (κ1) is 21.0. The third-order valence-corrected chi connectivity index (χ3v) is 3.98. The molecule has 156 valence electrons. The van der Waals surface area contributed by atoms with Crippen LogP contribution in [0.4, 0.5) is 18.9 Å². The van der Waals surface area contributed by atoms with E-state index in [0.717, 1.165) is 12.1 Å². The van der Waals surface area contributed by atoms with Gasteiger partial charge in [-0.15, -0.1) is 0 Å². The van der Waals surface area contributed by atoms with Crippen LogP contribution in [0.1, 0.15) is 16.1 Å². The molecule has 1 N–H and O–H groups in total. The SMILES string of the molecule is COC(=O)COc1cccc(NC(=O)c2ccc(-c3cccc(C(F)(F)F)c3)o2)c1. The number of esters is 1. The number of alkyl halides is 3. The van der Waals surface area contributed by atoms with Crippen molar-refractivity contribution in [2.45, 2.75) is 6.18 Å². The lowest BCUT2D eigenvalue weighted by molar-refractivity contribution is -0.143. The summed E-state index contributed by atoms with van der Waals surface area (Å²) < 4.78 is 53.8. The van der Waals surface area contributed by atoms with E-state index in [9.17, 15) is 22.8 Å². The first-order valence-corrected chi connectivity index (χ1v) is 8.65. The summed E-state index contributed by atoms with van der Waals surface area (Å²) in [4.78, 5) is 23.5. The van der Waals surface area contributed by atoms with E-state index in [0.29, 0.717) is 11.4 Å². The summed E-state index contributed by atoms with van der Waals surface area (Å²) in [5.41, 5.74) is -0.243. The summed E-state index contributed by atoms with van der Waals surface area (Å²) in [6.45, 7) is -0.285. The zero-order valence-corrected chi connectivity index (χ0v) is 15.7. The number of rotatable bonds is 6. The highest BCUT2D eigenvalue weighted by Gasteiger charge is 2.30. The van der Waals surface area contributed by atoms with Gasteiger partial charge in [0.2, 0.25) is 0 Å². The van der Waals surface area contributed by atoms with Crippen molar-refractivity contribution in [3.05, 3.63) is 72.0 Å². The topological polar surface area (TPSA) is 77.8 Å². The summed E-state index contributed by atoms with van der Waals surface area (Å²) in [6.07, 6.45) is -4.48. The highest BCUT2D eigenvalue weighted by molar-refractivity contribution is 6.02. The molecule has 0 saturated heterocycles. The van der Waals surface area contributed by atoms with Gasteiger partial charge in [-0.2, -0.15) is 13.2 Å². The highest BCUT2D eigenvalue weighted by atomic mass is 19.4. The third kappa shape index (κ3) is 5.19. The number of benzene rings is 2. The Morgan fingerprint density at radius 1 is 1.03 bits per heavy atom. The minimum atomic E-state index is -4.48. The van der Waals surface area contributed by atoms with E-state index in [1.165, 1.54) is 37.4 Å². The van der Waals surface area contributed by atoms with Crippen molar-refractivity contribution in [1.82, 2.24) is 0 Å². The number of hydrogen-bond acceptors (Lipinski definition) is 5. The zero-order chi connectivity index (χ0) is 21.7. The maximum atomic E-state index is 12.9. The Morgan fingerprint density at radius 3 is 2.53 bits per heavy atom. The van der Waals surface area contributed by atoms with Crippen LogP contribution in [0.2, 0.25) is 0 Å². The lowest BCUT2D eigenvalue weighted by atomic mass is 10.1. The van der Waals surface area contributed by atoms with Crippen LogP contribution in [-0.4, -0.2) is 25.6 Å². The molecule has 0 atom stereocenters. The van der Waals surface area contributed by atoms with Gasteiger partial charge in [0.15, 0.2) is 12.4 Å². The van der Waals surface area contributed by atoms with Crippen LogP contribution in [0.25, 0.3) is 11.3 Å². The predicted molar refractivity (Wildman–Crippen MR) is 101 cm³/mol. The van der Waals surface area contributed by atoms with E-state index in [1.54, 1.807) is 18.2 Å². The summed E-state index contributed by atoms with van der Waals surface area (Å²) >= 11 is 0. The molecule has 1 heterocycles. The van der Waals surface area contributed by atoms with Crippen molar-refractivity contribution < 1.29 is 36.7 Å². The van der Waals surface area contributed by atoms with Gasteiger partial charge in [-0.1, -0.05) is 18.2 Å². The number of methoxy groups -OCH3 is 1. The van der Waals surface area contributed by atoms with Gasteiger partial charge in [0, 0.05) is 17.3 Å². The molecule has 0 spiro atoms. The fourth-order valence-electron chi connectivity index (χ4n) is 2.52. The Kier molecular flexibility index (Phi) is 6.10. The average molecular weight is 419 g/mol. The Labute approximate surface area is 169 Å². The summed E-state index contributed by atoms with van der Waals surface area (Å²) in [7, 11) is 1.24. The predicted octanol–water partition coefficient (Wildman–Crippen LogP) is 4.77. The van der Waals surface area contributed by atoms with Crippen molar-refractivity contribution >= 4 is 17.6 Å². The summed E-state index contributed by atoms with van der Waals surface area (Å²) in [5.74, 6) is -0.771. The molecule has 9 heteroatoms. The molecule has 0 saturated carbocycles. The highest BCUT2D eigenvalue weighted by Crippen LogP contribution is 2.32. The minimum Gasteiger partial charge on any atom is -0.482 e. The van der Waals surface area contributed by atoms with Gasteiger partial charge in [-0.25, -0.2) is 4.79 Å². The van der Waals surface area contributed by atoms with E-state index in [-0.39, 0.29) is 23.7 Å². The normalized spacial score (nSPS) is 11.1. The van der Waals surface area contributed by atoms with Crippen molar-refractivity contribution in [1.29, 1.82) is 0 Å². The van der Waals surface area contributed by atoms with Crippen LogP contribution in [0.15, 0.2) is 65.1 Å². The van der Waals surface area contributed by atoms with Crippen molar-refractivity contribution in [3.63, 3.8) is 0 Å². The van der Waals surface area contributed by atoms with Crippen LogP contribution in [-0.2, 0) is 15.7 Å². The number of anilines is 1. The van der Waals surface area contributed by atoms with E-state index < -0.39 is 23.6 Å². The number of hydrogen-bond donors (Lipinski definition) is 1. The second-order valence-corrected chi connectivity index (χ2v) is 6.09. The Hall–Kier alpha value is -3.75. The summed E-state index contributed by atoms with van der Waals surface area (Å²) in [5, 5.41) is 2.59. The maximum absolute atomic E-state index is 12.9. The molecule has 0 bridgehead atoms. The lowest BCUT2D eigenvalue weighted by Gasteiger charge is -2.08. The molecule has 30 heavy (non-hydrogen) atoms. The molecule has 1 amide bonds. The van der Waals surface area contributed by atoms with Crippen LogP contribution < -0.4 is 10.1 Å². The molecular weight excluding hydrogens is 403 g/mol. The number of amides is 1. The molecule has 2 aromatic carbocycles. The van der Waals surface area contributed by atoms with Gasteiger partial charge in [0.25, 0.3) is 5.91 Å². The number of halogens is 3. The second kappa shape index (κ2) is 8.73. The molecule has 0 fully saturated rings. The molecular formula is C21H16F3NO5. The molecule has 3 rings (SSSR count). The van der Waals surface area contributed by atoms with Gasteiger partial charge < -0.3 is 19.2 Å². The Morgan fingerprint density at radius 2 is 1.80 bits per heavy atom. The monoisotopic (exact) mass is 419 g/mol. The van der Waals surface area contributed by atoms with Gasteiger partial charge in [0.1, 0.15) is 11.5 Å². The number of ether oxygens (including phenoxy) is 2. The minimum absolute atomic E-state index is 0.0803. The number of nitrogens with one attached hydrogen (secondary N) is 1. The van der Waals surface area contributed by atoms with Gasteiger partial charge in [-0.3, -0.25) is 4.79 Å². The van der Waals surface area contributed by atoms with Crippen LogP contribution in [0.5, 0.6) is 5.75 Å². The number of carbonyl (C=O) groups excluding carboxylic acids is 2. The Balaban J connectivity index is 1.71. The van der Waals surface area contributed by atoms with E-state index >= 15 is 0 Å². The van der Waals surface area contributed by atoms with Gasteiger partial charge in [0.05, 0.1) is 12.7 Å². The molecule has 6 nitrogen and oxygen atoms in total. The summed E-state index contributed by atoms with van der Waals surface area (Å²) in [6, 6.07) is 13.7. The lowest BCUT2D eigenvalue weighted by Crippen LogP contribution is -2.13. The fourth-order valence-corrected chi connectivity index (χ4v) is 2.52. The van der Waals surface area contributed by atoms with E-state index in [2.05, 4.69) is 10.1 Å². The van der Waals surface area contributed by atoms with Crippen LogP contribution in [0.3, 0.4) is 0 Å². The number of furan rings is 1. The molecule has 0 aliphatic rings. The van der Waals surface area contributed by atoms with E-state index in [4.69, 9.17) is 9.15 Å². The molecule has 0 aliphatic carbocycles. The maximum Gasteiger partial charge on any atom is 0.416 e.